The van der Waals surface area contributed by atoms with Crippen LogP contribution in [0.15, 0.2) is 51.7 Å². The normalized spacial score (nSPS) is 10.8. The molecule has 0 aliphatic heterocycles. The van der Waals surface area contributed by atoms with Crippen molar-refractivity contribution >= 4 is 10.9 Å². The third-order valence-electron chi connectivity index (χ3n) is 3.64. The lowest BCUT2D eigenvalue weighted by Crippen LogP contribution is -2.05. The standard InChI is InChI=1S/C18H17NO3/c1-3-12-8-10-14(11-9-12)21-18-19-15-7-5-6-13(4-2)16(15)17(20)22-18/h5-11H,3-4H2,1-2H3. The van der Waals surface area contributed by atoms with E-state index in [0.717, 1.165) is 18.4 Å². The first-order valence-corrected chi connectivity index (χ1v) is 7.40. The van der Waals surface area contributed by atoms with Crippen LogP contribution in [-0.2, 0) is 12.8 Å². The molecule has 0 atom stereocenters. The monoisotopic (exact) mass is 295 g/mol. The molecular formula is C18H17NO3. The van der Waals surface area contributed by atoms with Gasteiger partial charge in [0, 0.05) is 0 Å². The number of hydrogen-bond donors (Lipinski definition) is 0. The predicted octanol–water partition coefficient (Wildman–Crippen LogP) is 4.11. The molecule has 3 rings (SSSR count). The summed E-state index contributed by atoms with van der Waals surface area (Å²) in [5.74, 6) is 0.596. The Hall–Kier alpha value is -2.62. The van der Waals surface area contributed by atoms with Crippen LogP contribution in [-0.4, -0.2) is 4.98 Å². The topological polar surface area (TPSA) is 52.3 Å². The van der Waals surface area contributed by atoms with E-state index in [-0.39, 0.29) is 6.08 Å². The Morgan fingerprint density at radius 2 is 1.82 bits per heavy atom. The van der Waals surface area contributed by atoms with Crippen LogP contribution >= 0.6 is 0 Å². The van der Waals surface area contributed by atoms with Crippen molar-refractivity contribution in [2.45, 2.75) is 26.7 Å². The summed E-state index contributed by atoms with van der Waals surface area (Å²) in [5.41, 5.74) is 2.32. The summed E-state index contributed by atoms with van der Waals surface area (Å²) >= 11 is 0. The van der Waals surface area contributed by atoms with Crippen LogP contribution in [0.4, 0.5) is 0 Å². The maximum atomic E-state index is 12.2. The minimum absolute atomic E-state index is 0.0324. The third kappa shape index (κ3) is 2.72. The zero-order chi connectivity index (χ0) is 15.5. The number of aryl methyl sites for hydroxylation is 2. The van der Waals surface area contributed by atoms with E-state index >= 15 is 0 Å². The Labute approximate surface area is 128 Å². The molecule has 0 saturated heterocycles. The molecule has 1 heterocycles. The first-order chi connectivity index (χ1) is 10.7. The fraction of sp³-hybridized carbons (Fsp3) is 0.222. The van der Waals surface area contributed by atoms with Gasteiger partial charge in [-0.3, -0.25) is 0 Å². The predicted molar refractivity (Wildman–Crippen MR) is 85.6 cm³/mol. The van der Waals surface area contributed by atoms with Gasteiger partial charge in [0.1, 0.15) is 5.75 Å². The lowest BCUT2D eigenvalue weighted by atomic mass is 10.1. The zero-order valence-electron chi connectivity index (χ0n) is 12.6. The Balaban J connectivity index is 1.99. The molecule has 2 aromatic carbocycles. The van der Waals surface area contributed by atoms with Gasteiger partial charge >= 0.3 is 11.7 Å². The summed E-state index contributed by atoms with van der Waals surface area (Å²) in [6.45, 7) is 4.08. The van der Waals surface area contributed by atoms with Crippen LogP contribution < -0.4 is 10.4 Å². The van der Waals surface area contributed by atoms with E-state index in [0.29, 0.717) is 16.7 Å². The lowest BCUT2D eigenvalue weighted by molar-refractivity contribution is 0.307. The summed E-state index contributed by atoms with van der Waals surface area (Å²) in [4.78, 5) is 16.5. The molecule has 0 aliphatic carbocycles. The van der Waals surface area contributed by atoms with Gasteiger partial charge in [0.2, 0.25) is 0 Å². The highest BCUT2D eigenvalue weighted by Gasteiger charge is 2.11. The van der Waals surface area contributed by atoms with Gasteiger partial charge in [-0.25, -0.2) is 4.79 Å². The van der Waals surface area contributed by atoms with Crippen molar-refractivity contribution < 1.29 is 9.15 Å². The number of benzene rings is 2. The van der Waals surface area contributed by atoms with Gasteiger partial charge in [-0.2, -0.15) is 4.98 Å². The van der Waals surface area contributed by atoms with Gasteiger partial charge in [-0.15, -0.1) is 0 Å². The molecule has 4 heteroatoms. The van der Waals surface area contributed by atoms with Crippen molar-refractivity contribution in [1.82, 2.24) is 4.98 Å². The molecular weight excluding hydrogens is 278 g/mol. The minimum atomic E-state index is -0.414. The second-order valence-electron chi connectivity index (χ2n) is 5.03. The molecule has 4 nitrogen and oxygen atoms in total. The molecule has 0 fully saturated rings. The number of ether oxygens (including phenoxy) is 1. The molecule has 22 heavy (non-hydrogen) atoms. The van der Waals surface area contributed by atoms with Crippen LogP contribution in [0, 0.1) is 0 Å². The first kappa shape index (κ1) is 14.3. The molecule has 0 amide bonds. The Bertz CT molecular complexity index is 850. The molecule has 0 radical (unpaired) electrons. The molecule has 0 saturated carbocycles. The molecule has 0 bridgehead atoms. The van der Waals surface area contributed by atoms with Crippen molar-refractivity contribution in [3.05, 3.63) is 64.0 Å². The van der Waals surface area contributed by atoms with E-state index < -0.39 is 5.63 Å². The highest BCUT2D eigenvalue weighted by atomic mass is 16.6. The van der Waals surface area contributed by atoms with E-state index in [4.69, 9.17) is 9.15 Å². The van der Waals surface area contributed by atoms with Gasteiger partial charge in [-0.1, -0.05) is 38.1 Å². The van der Waals surface area contributed by atoms with Gasteiger partial charge in [0.05, 0.1) is 10.9 Å². The smallest absolute Gasteiger partial charge is 0.402 e. The molecule has 1 aromatic heterocycles. The average Bonchev–Trinajstić information content (AvgIpc) is 2.55. The van der Waals surface area contributed by atoms with Gasteiger partial charge in [0.15, 0.2) is 0 Å². The number of nitrogens with zero attached hydrogens (tertiary/aromatic N) is 1. The summed E-state index contributed by atoms with van der Waals surface area (Å²) < 4.78 is 10.8. The summed E-state index contributed by atoms with van der Waals surface area (Å²) in [7, 11) is 0. The summed E-state index contributed by atoms with van der Waals surface area (Å²) in [6, 6.07) is 13.2. The first-order valence-electron chi connectivity index (χ1n) is 7.40. The SMILES string of the molecule is CCc1ccc(Oc2nc3cccc(CC)c3c(=O)o2)cc1. The summed E-state index contributed by atoms with van der Waals surface area (Å²) in [6.07, 6.45) is 1.68. The number of aromatic nitrogens is 1. The molecule has 0 unspecified atom stereocenters. The zero-order valence-corrected chi connectivity index (χ0v) is 12.6. The van der Waals surface area contributed by atoms with Gasteiger partial charge in [0.25, 0.3) is 0 Å². The average molecular weight is 295 g/mol. The Morgan fingerprint density at radius 3 is 2.50 bits per heavy atom. The van der Waals surface area contributed by atoms with E-state index in [1.807, 2.05) is 43.3 Å². The maximum Gasteiger partial charge on any atom is 0.402 e. The largest absolute Gasteiger partial charge is 0.411 e. The van der Waals surface area contributed by atoms with Gasteiger partial charge < -0.3 is 9.15 Å². The number of rotatable bonds is 4. The molecule has 112 valence electrons. The second kappa shape index (κ2) is 6.02. The van der Waals surface area contributed by atoms with Crippen molar-refractivity contribution in [3.8, 4) is 11.8 Å². The van der Waals surface area contributed by atoms with Crippen molar-refractivity contribution in [2.24, 2.45) is 0 Å². The fourth-order valence-electron chi connectivity index (χ4n) is 2.40. The lowest BCUT2D eigenvalue weighted by Gasteiger charge is -2.06. The van der Waals surface area contributed by atoms with Crippen molar-refractivity contribution in [1.29, 1.82) is 0 Å². The molecule has 0 spiro atoms. The van der Waals surface area contributed by atoms with Crippen LogP contribution in [0.5, 0.6) is 11.8 Å². The van der Waals surface area contributed by atoms with Crippen LogP contribution in [0.3, 0.4) is 0 Å². The second-order valence-corrected chi connectivity index (χ2v) is 5.03. The molecule has 0 N–H and O–H groups in total. The van der Waals surface area contributed by atoms with Crippen LogP contribution in [0.2, 0.25) is 0 Å². The number of fused-ring (bicyclic) bond motifs is 1. The molecule has 0 aliphatic rings. The van der Waals surface area contributed by atoms with E-state index in [1.54, 1.807) is 6.07 Å². The quantitative estimate of drug-likeness (QED) is 0.727. The minimum Gasteiger partial charge on any atom is -0.411 e. The fourth-order valence-corrected chi connectivity index (χ4v) is 2.40. The number of hydrogen-bond acceptors (Lipinski definition) is 4. The maximum absolute atomic E-state index is 12.2. The Morgan fingerprint density at radius 1 is 1.05 bits per heavy atom. The highest BCUT2D eigenvalue weighted by Crippen LogP contribution is 2.22. The highest BCUT2D eigenvalue weighted by molar-refractivity contribution is 5.80. The Kier molecular flexibility index (Phi) is 3.92. The third-order valence-corrected chi connectivity index (χ3v) is 3.64. The van der Waals surface area contributed by atoms with Crippen molar-refractivity contribution in [2.75, 3.05) is 0 Å². The van der Waals surface area contributed by atoms with E-state index in [9.17, 15) is 4.79 Å². The van der Waals surface area contributed by atoms with Crippen LogP contribution in [0.25, 0.3) is 10.9 Å². The summed E-state index contributed by atoms with van der Waals surface area (Å²) in [5, 5.41) is 0.527. The van der Waals surface area contributed by atoms with E-state index in [1.165, 1.54) is 5.56 Å². The van der Waals surface area contributed by atoms with Crippen molar-refractivity contribution in [3.63, 3.8) is 0 Å². The van der Waals surface area contributed by atoms with Crippen LogP contribution in [0.1, 0.15) is 25.0 Å². The van der Waals surface area contributed by atoms with Gasteiger partial charge in [-0.05, 0) is 42.2 Å². The van der Waals surface area contributed by atoms with E-state index in [2.05, 4.69) is 11.9 Å². The molecule has 3 aromatic rings.